The molecule has 0 unspecified atom stereocenters. The molecule has 0 radical (unpaired) electrons. The molecule has 1 amide bonds. The molecule has 8 nitrogen and oxygen atoms in total. The van der Waals surface area contributed by atoms with Crippen LogP contribution in [-0.4, -0.2) is 23.5 Å². The van der Waals surface area contributed by atoms with Crippen molar-refractivity contribution in [3.8, 4) is 0 Å². The number of rotatable bonds is 4. The van der Waals surface area contributed by atoms with Crippen molar-refractivity contribution in [1.82, 2.24) is 4.98 Å². The molecule has 4 rings (SSSR count). The number of anilines is 1. The number of amides is 1. The van der Waals surface area contributed by atoms with Crippen LogP contribution in [0, 0.1) is 0 Å². The van der Waals surface area contributed by atoms with Crippen LogP contribution in [0.3, 0.4) is 0 Å². The van der Waals surface area contributed by atoms with Crippen molar-refractivity contribution in [3.63, 3.8) is 0 Å². The number of H-pyrrole nitrogens is 1. The standard InChI is InChI=1S/C18H12N4O4S/c23-15-8-14(19-11-5-2-1-4-10(11)15)18(25)26-9-16(24)20-12-6-3-7-13-17(12)22-27-21-13/h1-8H,9H2,(H,19,23)(H,20,24). The minimum atomic E-state index is -0.790. The molecule has 0 aliphatic carbocycles. The van der Waals surface area contributed by atoms with Crippen LogP contribution in [0.2, 0.25) is 0 Å². The van der Waals surface area contributed by atoms with E-state index in [0.29, 0.717) is 28.0 Å². The maximum absolute atomic E-state index is 12.2. The highest BCUT2D eigenvalue weighted by Gasteiger charge is 2.16. The molecule has 1 aliphatic heterocycles. The van der Waals surface area contributed by atoms with Crippen molar-refractivity contribution in [1.29, 1.82) is 0 Å². The lowest BCUT2D eigenvalue weighted by atomic mass is 10.2. The van der Waals surface area contributed by atoms with Gasteiger partial charge in [0.1, 0.15) is 17.1 Å². The van der Waals surface area contributed by atoms with Crippen LogP contribution in [0.1, 0.15) is 10.5 Å². The van der Waals surface area contributed by atoms with Crippen molar-refractivity contribution >= 4 is 51.2 Å². The van der Waals surface area contributed by atoms with Crippen molar-refractivity contribution in [2.75, 3.05) is 11.9 Å². The Kier molecular flexibility index (Phi) is 4.35. The number of hydrogen-bond donors (Lipinski definition) is 2. The van der Waals surface area contributed by atoms with Gasteiger partial charge in [-0.1, -0.05) is 18.2 Å². The third-order valence-corrected chi connectivity index (χ3v) is 4.39. The first-order valence-electron chi connectivity index (χ1n) is 7.92. The van der Waals surface area contributed by atoms with E-state index in [4.69, 9.17) is 4.74 Å². The van der Waals surface area contributed by atoms with E-state index in [0.717, 1.165) is 17.4 Å². The summed E-state index contributed by atoms with van der Waals surface area (Å²) in [7, 11) is 0. The smallest absolute Gasteiger partial charge is 0.355 e. The molecule has 9 heteroatoms. The van der Waals surface area contributed by atoms with Crippen LogP contribution >= 0.6 is 0 Å². The highest BCUT2D eigenvalue weighted by Crippen LogP contribution is 2.38. The molecule has 0 atom stereocenters. The van der Waals surface area contributed by atoms with E-state index in [1.54, 1.807) is 42.5 Å². The highest BCUT2D eigenvalue weighted by molar-refractivity contribution is 7.58. The van der Waals surface area contributed by atoms with E-state index < -0.39 is 18.5 Å². The van der Waals surface area contributed by atoms with Crippen LogP contribution in [0.5, 0.6) is 0 Å². The Morgan fingerprint density at radius 1 is 1.11 bits per heavy atom. The Bertz CT molecular complexity index is 1210. The number of esters is 1. The molecule has 2 aromatic carbocycles. The fraction of sp³-hybridized carbons (Fsp3) is 0.0556. The molecule has 0 bridgehead atoms. The first kappa shape index (κ1) is 16.9. The molecule has 1 aliphatic rings. The number of nitrogens with zero attached hydrogens (tertiary/aromatic N) is 2. The second-order valence-electron chi connectivity index (χ2n) is 5.65. The fourth-order valence-electron chi connectivity index (χ4n) is 2.61. The molecule has 3 aromatic rings. The van der Waals surface area contributed by atoms with Gasteiger partial charge in [0, 0.05) is 17.0 Å². The molecular weight excluding hydrogens is 368 g/mol. The number of pyridine rings is 1. The van der Waals surface area contributed by atoms with Crippen LogP contribution in [-0.2, 0) is 20.9 Å². The summed E-state index contributed by atoms with van der Waals surface area (Å²) in [5.41, 5.74) is 1.93. The van der Waals surface area contributed by atoms with Gasteiger partial charge in [0.15, 0.2) is 12.0 Å². The lowest BCUT2D eigenvalue weighted by molar-refractivity contribution is -0.119. The number of hydrogen-bond acceptors (Lipinski definition) is 6. The first-order valence-corrected chi connectivity index (χ1v) is 8.65. The first-order chi connectivity index (χ1) is 13.1. The van der Waals surface area contributed by atoms with Crippen LogP contribution in [0.4, 0.5) is 17.1 Å². The van der Waals surface area contributed by atoms with Crippen molar-refractivity contribution in [2.24, 2.45) is 8.73 Å². The zero-order valence-electron chi connectivity index (χ0n) is 13.8. The van der Waals surface area contributed by atoms with Gasteiger partial charge in [-0.3, -0.25) is 9.59 Å². The summed E-state index contributed by atoms with van der Waals surface area (Å²) >= 11 is 1.04. The minimum Gasteiger partial charge on any atom is -0.451 e. The monoisotopic (exact) mass is 380 g/mol. The Hall–Kier alpha value is -3.59. The van der Waals surface area contributed by atoms with E-state index in [-0.39, 0.29) is 11.1 Å². The Morgan fingerprint density at radius 2 is 1.96 bits per heavy atom. The van der Waals surface area contributed by atoms with Gasteiger partial charge in [-0.05, 0) is 24.3 Å². The zero-order chi connectivity index (χ0) is 18.8. The van der Waals surface area contributed by atoms with Gasteiger partial charge in [-0.2, -0.15) is 8.73 Å². The number of aromatic nitrogens is 1. The predicted octanol–water partition coefficient (Wildman–Crippen LogP) is 3.05. The summed E-state index contributed by atoms with van der Waals surface area (Å²) in [4.78, 5) is 39.2. The van der Waals surface area contributed by atoms with Crippen molar-refractivity contribution in [2.45, 2.75) is 0 Å². The molecule has 0 saturated heterocycles. The Labute approximate surface area is 156 Å². The number of aromatic amines is 1. The third kappa shape index (κ3) is 3.40. The lowest BCUT2D eigenvalue weighted by Crippen LogP contribution is -2.22. The molecule has 0 spiro atoms. The minimum absolute atomic E-state index is 0.0164. The summed E-state index contributed by atoms with van der Waals surface area (Å²) in [6, 6.07) is 13.2. The van der Waals surface area contributed by atoms with Crippen molar-refractivity contribution in [3.05, 3.63) is 64.4 Å². The molecule has 1 aromatic heterocycles. The molecule has 0 fully saturated rings. The summed E-state index contributed by atoms with van der Waals surface area (Å²) in [5.74, 6) is -1.31. The quantitative estimate of drug-likeness (QED) is 0.530. The number of carbonyl (C=O) groups is 2. The largest absolute Gasteiger partial charge is 0.451 e. The molecule has 2 heterocycles. The Balaban J connectivity index is 1.44. The van der Waals surface area contributed by atoms with Crippen LogP contribution in [0.25, 0.3) is 10.9 Å². The number of ether oxygens (including phenoxy) is 1. The van der Waals surface area contributed by atoms with E-state index in [1.165, 1.54) is 0 Å². The number of fused-ring (bicyclic) bond motifs is 2. The number of carbonyl (C=O) groups excluding carboxylic acids is 2. The van der Waals surface area contributed by atoms with Gasteiger partial charge < -0.3 is 15.0 Å². The van der Waals surface area contributed by atoms with Crippen molar-refractivity contribution < 1.29 is 14.3 Å². The van der Waals surface area contributed by atoms with E-state index >= 15 is 0 Å². The third-order valence-electron chi connectivity index (χ3n) is 3.85. The van der Waals surface area contributed by atoms with Gasteiger partial charge in [-0.25, -0.2) is 4.79 Å². The molecule has 134 valence electrons. The summed E-state index contributed by atoms with van der Waals surface area (Å²) in [5, 5.41) is 3.10. The van der Waals surface area contributed by atoms with E-state index in [1.807, 2.05) is 0 Å². The molecule has 27 heavy (non-hydrogen) atoms. The van der Waals surface area contributed by atoms with Gasteiger partial charge in [0.2, 0.25) is 0 Å². The number of nitrogens with one attached hydrogen (secondary N) is 2. The second kappa shape index (κ2) is 6.96. The predicted molar refractivity (Wildman–Crippen MR) is 101 cm³/mol. The normalized spacial score (nSPS) is 11.7. The average molecular weight is 380 g/mol. The fourth-order valence-corrected chi connectivity index (χ4v) is 3.16. The van der Waals surface area contributed by atoms with E-state index in [2.05, 4.69) is 19.0 Å². The summed E-state index contributed by atoms with van der Waals surface area (Å²) in [6.45, 7) is -0.498. The van der Waals surface area contributed by atoms with Crippen LogP contribution in [0.15, 0.2) is 62.1 Å². The zero-order valence-corrected chi connectivity index (χ0v) is 14.6. The maximum atomic E-state index is 12.2. The van der Waals surface area contributed by atoms with Gasteiger partial charge in [0.25, 0.3) is 5.91 Å². The number of para-hydroxylation sites is 1. The molecule has 0 saturated carbocycles. The topological polar surface area (TPSA) is 113 Å². The molecular formula is C18H12N4O4S. The summed E-state index contributed by atoms with van der Waals surface area (Å²) in [6.07, 6.45) is 0. The SMILES string of the molecule is O=C(COC(=O)c1cc(=O)c2ccccc2[nH]1)Nc1cccc2c1N=S=N2. The van der Waals surface area contributed by atoms with Gasteiger partial charge in [-0.15, -0.1) is 0 Å². The van der Waals surface area contributed by atoms with E-state index in [9.17, 15) is 14.4 Å². The molecule has 2 N–H and O–H groups in total. The lowest BCUT2D eigenvalue weighted by Gasteiger charge is -2.09. The Morgan fingerprint density at radius 3 is 2.85 bits per heavy atom. The van der Waals surface area contributed by atoms with Gasteiger partial charge >= 0.3 is 5.97 Å². The maximum Gasteiger partial charge on any atom is 0.355 e. The van der Waals surface area contributed by atoms with Crippen LogP contribution < -0.4 is 10.7 Å². The highest BCUT2D eigenvalue weighted by atomic mass is 32.1. The van der Waals surface area contributed by atoms with Gasteiger partial charge in [0.05, 0.1) is 17.0 Å². The number of benzene rings is 2. The summed E-state index contributed by atoms with van der Waals surface area (Å²) < 4.78 is 13.2. The average Bonchev–Trinajstić information content (AvgIpc) is 3.16. The second-order valence-corrected chi connectivity index (χ2v) is 6.18.